The minimum atomic E-state index is -0.269. The van der Waals surface area contributed by atoms with E-state index >= 15 is 0 Å². The van der Waals surface area contributed by atoms with E-state index in [9.17, 15) is 4.79 Å². The molecule has 0 radical (unpaired) electrons. The second-order valence-electron chi connectivity index (χ2n) is 6.66. The van der Waals surface area contributed by atoms with Crippen LogP contribution in [-0.2, 0) is 4.79 Å². The van der Waals surface area contributed by atoms with Crippen LogP contribution in [0.5, 0.6) is 0 Å². The molecule has 18 heavy (non-hydrogen) atoms. The van der Waals surface area contributed by atoms with Crippen molar-refractivity contribution in [3.63, 3.8) is 0 Å². The molecule has 3 nitrogen and oxygen atoms in total. The van der Waals surface area contributed by atoms with Crippen LogP contribution >= 0.6 is 0 Å². The topological polar surface area (TPSA) is 55.1 Å². The lowest BCUT2D eigenvalue weighted by molar-refractivity contribution is -0.133. The van der Waals surface area contributed by atoms with Gasteiger partial charge in [0.15, 0.2) is 0 Å². The highest BCUT2D eigenvalue weighted by molar-refractivity contribution is 5.83. The van der Waals surface area contributed by atoms with E-state index in [1.807, 2.05) is 0 Å². The van der Waals surface area contributed by atoms with Crippen molar-refractivity contribution in [3.05, 3.63) is 0 Å². The third-order valence-electron chi connectivity index (χ3n) is 5.28. The number of nitrogens with two attached hydrogens (primary N) is 1. The van der Waals surface area contributed by atoms with E-state index in [1.54, 1.807) is 0 Å². The van der Waals surface area contributed by atoms with E-state index in [1.165, 1.54) is 12.8 Å². The highest BCUT2D eigenvalue weighted by Crippen LogP contribution is 2.39. The molecule has 0 saturated heterocycles. The second-order valence-corrected chi connectivity index (χ2v) is 6.66. The SMILES string of the molecule is CC1CCC(CN)(C(=O)NC2CCCC2C)CC1. The first-order valence-electron chi connectivity index (χ1n) is 7.58. The Kier molecular flexibility index (Phi) is 4.31. The number of carbonyl (C=O) groups is 1. The zero-order chi connectivity index (χ0) is 13.2. The van der Waals surface area contributed by atoms with Crippen molar-refractivity contribution in [1.82, 2.24) is 5.32 Å². The van der Waals surface area contributed by atoms with Crippen molar-refractivity contribution in [2.24, 2.45) is 23.0 Å². The highest BCUT2D eigenvalue weighted by Gasteiger charge is 2.41. The van der Waals surface area contributed by atoms with Gasteiger partial charge in [0, 0.05) is 12.6 Å². The fourth-order valence-corrected chi connectivity index (χ4v) is 3.52. The number of hydrogen-bond donors (Lipinski definition) is 2. The molecule has 0 aromatic heterocycles. The molecule has 0 aliphatic heterocycles. The quantitative estimate of drug-likeness (QED) is 0.810. The van der Waals surface area contributed by atoms with Crippen molar-refractivity contribution in [2.45, 2.75) is 64.8 Å². The highest BCUT2D eigenvalue weighted by atomic mass is 16.2. The molecule has 0 bridgehead atoms. The molecule has 0 heterocycles. The van der Waals surface area contributed by atoms with E-state index in [-0.39, 0.29) is 11.3 Å². The fraction of sp³-hybridized carbons (Fsp3) is 0.933. The van der Waals surface area contributed by atoms with Crippen LogP contribution in [0.15, 0.2) is 0 Å². The van der Waals surface area contributed by atoms with E-state index in [0.717, 1.165) is 38.0 Å². The van der Waals surface area contributed by atoms with Gasteiger partial charge in [-0.25, -0.2) is 0 Å². The second kappa shape index (κ2) is 5.60. The number of rotatable bonds is 3. The van der Waals surface area contributed by atoms with Gasteiger partial charge < -0.3 is 11.1 Å². The molecule has 3 heteroatoms. The molecule has 2 aliphatic carbocycles. The summed E-state index contributed by atoms with van der Waals surface area (Å²) in [5.74, 6) is 1.62. The average Bonchev–Trinajstić information content (AvgIpc) is 2.76. The van der Waals surface area contributed by atoms with Gasteiger partial charge in [0.1, 0.15) is 0 Å². The summed E-state index contributed by atoms with van der Waals surface area (Å²) < 4.78 is 0. The lowest BCUT2D eigenvalue weighted by atomic mass is 9.70. The van der Waals surface area contributed by atoms with Crippen molar-refractivity contribution in [2.75, 3.05) is 6.54 Å². The van der Waals surface area contributed by atoms with Crippen molar-refractivity contribution in [1.29, 1.82) is 0 Å². The summed E-state index contributed by atoms with van der Waals surface area (Å²) >= 11 is 0. The number of amides is 1. The number of hydrogen-bond acceptors (Lipinski definition) is 2. The smallest absolute Gasteiger partial charge is 0.227 e. The van der Waals surface area contributed by atoms with E-state index in [4.69, 9.17) is 5.73 Å². The Hall–Kier alpha value is -0.570. The van der Waals surface area contributed by atoms with Crippen LogP contribution in [0.4, 0.5) is 0 Å². The van der Waals surface area contributed by atoms with E-state index < -0.39 is 0 Å². The zero-order valence-electron chi connectivity index (χ0n) is 11.9. The predicted molar refractivity (Wildman–Crippen MR) is 74.1 cm³/mol. The van der Waals surface area contributed by atoms with Crippen molar-refractivity contribution in [3.8, 4) is 0 Å². The molecule has 1 amide bonds. The molecule has 2 saturated carbocycles. The molecule has 2 rings (SSSR count). The van der Waals surface area contributed by atoms with Crippen molar-refractivity contribution < 1.29 is 4.79 Å². The van der Waals surface area contributed by atoms with Gasteiger partial charge >= 0.3 is 0 Å². The van der Waals surface area contributed by atoms with Crippen LogP contribution in [0.1, 0.15) is 58.8 Å². The normalized spacial score (nSPS) is 40.7. The van der Waals surface area contributed by atoms with Crippen molar-refractivity contribution >= 4 is 5.91 Å². The molecule has 2 aliphatic rings. The lowest BCUT2D eigenvalue weighted by Gasteiger charge is -2.38. The molecule has 104 valence electrons. The molecular formula is C15H28N2O. The first-order chi connectivity index (χ1) is 8.57. The molecule has 3 N–H and O–H groups in total. The molecule has 2 fully saturated rings. The Morgan fingerprint density at radius 3 is 2.39 bits per heavy atom. The van der Waals surface area contributed by atoms with Gasteiger partial charge in [-0.3, -0.25) is 4.79 Å². The average molecular weight is 252 g/mol. The lowest BCUT2D eigenvalue weighted by Crippen LogP contribution is -2.51. The first kappa shape index (κ1) is 13.9. The minimum absolute atomic E-state index is 0.232. The third-order valence-corrected chi connectivity index (χ3v) is 5.28. The van der Waals surface area contributed by atoms with Gasteiger partial charge in [-0.05, 0) is 50.4 Å². The standard InChI is InChI=1S/C15H28N2O/c1-11-6-8-15(10-16,9-7-11)14(18)17-13-5-3-4-12(13)2/h11-13H,3-10,16H2,1-2H3,(H,17,18). The monoisotopic (exact) mass is 252 g/mol. The van der Waals surface area contributed by atoms with Gasteiger partial charge in [-0.2, -0.15) is 0 Å². The Balaban J connectivity index is 1.97. The zero-order valence-corrected chi connectivity index (χ0v) is 11.9. The minimum Gasteiger partial charge on any atom is -0.353 e. The predicted octanol–water partition coefficient (Wildman–Crippen LogP) is 2.45. The van der Waals surface area contributed by atoms with E-state index in [2.05, 4.69) is 19.2 Å². The number of nitrogens with one attached hydrogen (secondary N) is 1. The van der Waals surface area contributed by atoms with Gasteiger partial charge in [-0.15, -0.1) is 0 Å². The molecular weight excluding hydrogens is 224 g/mol. The summed E-state index contributed by atoms with van der Waals surface area (Å²) in [4.78, 5) is 12.6. The Bertz CT molecular complexity index is 295. The van der Waals surface area contributed by atoms with Crippen LogP contribution in [-0.4, -0.2) is 18.5 Å². The summed E-state index contributed by atoms with van der Waals surface area (Å²) in [5.41, 5.74) is 5.66. The van der Waals surface area contributed by atoms with Crippen LogP contribution in [0.3, 0.4) is 0 Å². The van der Waals surface area contributed by atoms with Gasteiger partial charge in [0.2, 0.25) is 5.91 Å². The Morgan fingerprint density at radius 2 is 1.89 bits per heavy atom. The van der Waals surface area contributed by atoms with Crippen LogP contribution in [0.2, 0.25) is 0 Å². The van der Waals surface area contributed by atoms with Gasteiger partial charge in [0.25, 0.3) is 0 Å². The fourth-order valence-electron chi connectivity index (χ4n) is 3.52. The summed E-state index contributed by atoms with van der Waals surface area (Å²) in [7, 11) is 0. The summed E-state index contributed by atoms with van der Waals surface area (Å²) in [6.45, 7) is 5.03. The maximum absolute atomic E-state index is 12.6. The molecule has 2 unspecified atom stereocenters. The largest absolute Gasteiger partial charge is 0.353 e. The van der Waals surface area contributed by atoms with Gasteiger partial charge in [-0.1, -0.05) is 20.3 Å². The molecule has 0 spiro atoms. The summed E-state index contributed by atoms with van der Waals surface area (Å²) in [6.07, 6.45) is 7.87. The first-order valence-corrected chi connectivity index (χ1v) is 7.58. The molecule has 0 aromatic carbocycles. The summed E-state index contributed by atoms with van der Waals surface area (Å²) in [5, 5.41) is 3.29. The summed E-state index contributed by atoms with van der Waals surface area (Å²) in [6, 6.07) is 0.389. The molecule has 0 aromatic rings. The van der Waals surface area contributed by atoms with Crippen LogP contribution < -0.4 is 11.1 Å². The maximum atomic E-state index is 12.6. The third kappa shape index (κ3) is 2.71. The van der Waals surface area contributed by atoms with Crippen LogP contribution in [0, 0.1) is 17.3 Å². The van der Waals surface area contributed by atoms with Crippen LogP contribution in [0.25, 0.3) is 0 Å². The Morgan fingerprint density at radius 1 is 1.22 bits per heavy atom. The van der Waals surface area contributed by atoms with Gasteiger partial charge in [0.05, 0.1) is 5.41 Å². The Labute approximate surface area is 111 Å². The van der Waals surface area contributed by atoms with E-state index in [0.29, 0.717) is 18.5 Å². The molecule has 2 atom stereocenters. The number of carbonyl (C=O) groups excluding carboxylic acids is 1. The maximum Gasteiger partial charge on any atom is 0.227 e.